The minimum atomic E-state index is 0.328. The van der Waals surface area contributed by atoms with Gasteiger partial charge in [0.2, 0.25) is 0 Å². The lowest BCUT2D eigenvalue weighted by atomic mass is 10.0. The number of hydrogen-bond donors (Lipinski definition) is 2. The standard InChI is InChI=1S/C21H22N4/c1-15-11-16(2)23-20(12-15)25-21(22)24-19-10-6-9-18(14-19)13-17-7-4-3-5-8-17/h3-12,14H,13H2,1-2H3,(H3,22,23,24,25). The minimum absolute atomic E-state index is 0.328. The second kappa shape index (κ2) is 7.62. The van der Waals surface area contributed by atoms with Crippen LogP contribution < -0.4 is 11.1 Å². The van der Waals surface area contributed by atoms with Crippen LogP contribution in [0.1, 0.15) is 22.4 Å². The van der Waals surface area contributed by atoms with Gasteiger partial charge in [-0.2, -0.15) is 4.99 Å². The van der Waals surface area contributed by atoms with Gasteiger partial charge in [0, 0.05) is 11.4 Å². The summed E-state index contributed by atoms with van der Waals surface area (Å²) in [4.78, 5) is 8.74. The highest BCUT2D eigenvalue weighted by Crippen LogP contribution is 2.16. The van der Waals surface area contributed by atoms with E-state index in [-0.39, 0.29) is 0 Å². The van der Waals surface area contributed by atoms with Crippen molar-refractivity contribution in [1.29, 1.82) is 0 Å². The molecule has 0 aliphatic carbocycles. The number of aryl methyl sites for hydroxylation is 2. The molecular weight excluding hydrogens is 308 g/mol. The fourth-order valence-corrected chi connectivity index (χ4v) is 2.77. The van der Waals surface area contributed by atoms with Crippen molar-refractivity contribution in [3.05, 3.63) is 89.1 Å². The molecule has 25 heavy (non-hydrogen) atoms. The van der Waals surface area contributed by atoms with Crippen LogP contribution in [0.4, 0.5) is 11.5 Å². The number of nitrogens with two attached hydrogens (primary N) is 1. The van der Waals surface area contributed by atoms with Crippen molar-refractivity contribution in [3.8, 4) is 0 Å². The molecule has 0 radical (unpaired) electrons. The summed E-state index contributed by atoms with van der Waals surface area (Å²) in [5, 5.41) is 3.14. The second-order valence-electron chi connectivity index (χ2n) is 6.13. The Morgan fingerprint density at radius 1 is 0.960 bits per heavy atom. The molecule has 0 aliphatic heterocycles. The molecule has 126 valence electrons. The number of hydrogen-bond acceptors (Lipinski definition) is 2. The van der Waals surface area contributed by atoms with E-state index in [1.807, 2.05) is 44.2 Å². The third kappa shape index (κ3) is 4.91. The summed E-state index contributed by atoms with van der Waals surface area (Å²) in [6.07, 6.45) is 0.881. The van der Waals surface area contributed by atoms with Crippen LogP contribution >= 0.6 is 0 Å². The van der Waals surface area contributed by atoms with Gasteiger partial charge in [-0.25, -0.2) is 4.98 Å². The average molecular weight is 330 g/mol. The van der Waals surface area contributed by atoms with Crippen molar-refractivity contribution >= 4 is 17.5 Å². The van der Waals surface area contributed by atoms with Crippen LogP contribution in [0, 0.1) is 13.8 Å². The molecule has 0 spiro atoms. The van der Waals surface area contributed by atoms with E-state index in [1.165, 1.54) is 11.1 Å². The number of anilines is 1. The van der Waals surface area contributed by atoms with Crippen LogP contribution in [0.3, 0.4) is 0 Å². The Morgan fingerprint density at radius 3 is 2.48 bits per heavy atom. The average Bonchev–Trinajstić information content (AvgIpc) is 2.55. The number of pyridine rings is 1. The van der Waals surface area contributed by atoms with E-state index >= 15 is 0 Å². The van der Waals surface area contributed by atoms with Gasteiger partial charge in [0.25, 0.3) is 0 Å². The number of rotatable bonds is 4. The van der Waals surface area contributed by atoms with Crippen LogP contribution in [0.15, 0.2) is 71.7 Å². The molecule has 3 aromatic rings. The molecule has 0 saturated carbocycles. The smallest absolute Gasteiger partial charge is 0.199 e. The van der Waals surface area contributed by atoms with Gasteiger partial charge in [-0.05, 0) is 61.2 Å². The van der Waals surface area contributed by atoms with Gasteiger partial charge in [0.15, 0.2) is 11.8 Å². The predicted octanol–water partition coefficient (Wildman–Crippen LogP) is 4.35. The van der Waals surface area contributed by atoms with Crippen molar-refractivity contribution in [2.45, 2.75) is 20.3 Å². The van der Waals surface area contributed by atoms with Crippen molar-refractivity contribution < 1.29 is 0 Å². The van der Waals surface area contributed by atoms with Crippen LogP contribution in [0.25, 0.3) is 0 Å². The second-order valence-corrected chi connectivity index (χ2v) is 6.13. The Bertz CT molecular complexity index is 865. The van der Waals surface area contributed by atoms with Gasteiger partial charge < -0.3 is 11.1 Å². The van der Waals surface area contributed by atoms with Crippen LogP contribution in [0.2, 0.25) is 0 Å². The monoisotopic (exact) mass is 330 g/mol. The lowest BCUT2D eigenvalue weighted by Crippen LogP contribution is -2.22. The molecule has 4 nitrogen and oxygen atoms in total. The number of guanidine groups is 1. The van der Waals surface area contributed by atoms with E-state index in [4.69, 9.17) is 5.73 Å². The van der Waals surface area contributed by atoms with Crippen molar-refractivity contribution in [2.24, 2.45) is 10.7 Å². The number of aromatic nitrogens is 1. The quantitative estimate of drug-likeness (QED) is 0.552. The molecule has 0 bridgehead atoms. The van der Waals surface area contributed by atoms with E-state index in [0.29, 0.717) is 11.8 Å². The van der Waals surface area contributed by atoms with E-state index in [0.717, 1.165) is 23.4 Å². The molecule has 2 aromatic carbocycles. The van der Waals surface area contributed by atoms with Gasteiger partial charge in [-0.1, -0.05) is 42.5 Å². The number of benzene rings is 2. The normalized spacial score (nSPS) is 11.4. The summed E-state index contributed by atoms with van der Waals surface area (Å²) in [7, 11) is 0. The van der Waals surface area contributed by atoms with Gasteiger partial charge in [0.05, 0.1) is 0 Å². The van der Waals surface area contributed by atoms with E-state index in [2.05, 4.69) is 51.7 Å². The zero-order valence-electron chi connectivity index (χ0n) is 14.5. The lowest BCUT2D eigenvalue weighted by Gasteiger charge is -2.08. The molecule has 1 heterocycles. The Morgan fingerprint density at radius 2 is 1.72 bits per heavy atom. The Kier molecular flexibility index (Phi) is 5.09. The summed E-state index contributed by atoms with van der Waals surface area (Å²) in [6.45, 7) is 3.97. The third-order valence-electron chi connectivity index (χ3n) is 3.77. The Labute approximate surface area is 148 Å². The highest BCUT2D eigenvalue weighted by Gasteiger charge is 2.01. The first-order valence-corrected chi connectivity index (χ1v) is 8.28. The zero-order valence-corrected chi connectivity index (χ0v) is 14.5. The molecular formula is C21H22N4. The fraction of sp³-hybridized carbons (Fsp3) is 0.143. The zero-order chi connectivity index (χ0) is 17.6. The summed E-state index contributed by atoms with van der Waals surface area (Å²) < 4.78 is 0. The highest BCUT2D eigenvalue weighted by molar-refractivity contribution is 5.93. The summed E-state index contributed by atoms with van der Waals surface area (Å²) in [5.74, 6) is 0.942. The molecule has 0 unspecified atom stereocenters. The van der Waals surface area contributed by atoms with E-state index in [1.54, 1.807) is 0 Å². The summed E-state index contributed by atoms with van der Waals surface area (Å²) in [6, 6.07) is 22.5. The Hall–Kier alpha value is -3.14. The third-order valence-corrected chi connectivity index (χ3v) is 3.77. The maximum atomic E-state index is 6.04. The molecule has 0 fully saturated rings. The summed E-state index contributed by atoms with van der Waals surface area (Å²) >= 11 is 0. The fourth-order valence-electron chi connectivity index (χ4n) is 2.77. The molecule has 0 atom stereocenters. The first-order valence-electron chi connectivity index (χ1n) is 8.28. The van der Waals surface area contributed by atoms with Gasteiger partial charge in [-0.15, -0.1) is 0 Å². The number of nitrogens with zero attached hydrogens (tertiary/aromatic N) is 2. The molecule has 3 rings (SSSR count). The van der Waals surface area contributed by atoms with Crippen LogP contribution in [0.5, 0.6) is 0 Å². The maximum absolute atomic E-state index is 6.04. The largest absolute Gasteiger partial charge is 0.369 e. The lowest BCUT2D eigenvalue weighted by molar-refractivity contribution is 1.15. The van der Waals surface area contributed by atoms with Crippen molar-refractivity contribution in [1.82, 2.24) is 4.98 Å². The molecule has 3 N–H and O–H groups in total. The van der Waals surface area contributed by atoms with Crippen LogP contribution in [-0.2, 0) is 6.42 Å². The molecule has 4 heteroatoms. The number of aliphatic imine (C=N–C) groups is 1. The van der Waals surface area contributed by atoms with Gasteiger partial charge >= 0.3 is 0 Å². The SMILES string of the molecule is Cc1cc(C)nc(/N=C(\N)Nc2cccc(Cc3ccccc3)c2)c1. The number of nitrogens with one attached hydrogen (secondary N) is 1. The highest BCUT2D eigenvalue weighted by atomic mass is 15.1. The van der Waals surface area contributed by atoms with Gasteiger partial charge in [0.1, 0.15) is 0 Å². The first-order chi connectivity index (χ1) is 12.1. The predicted molar refractivity (Wildman–Crippen MR) is 104 cm³/mol. The van der Waals surface area contributed by atoms with Gasteiger partial charge in [-0.3, -0.25) is 0 Å². The Balaban J connectivity index is 1.74. The van der Waals surface area contributed by atoms with Crippen molar-refractivity contribution in [2.75, 3.05) is 5.32 Å². The van der Waals surface area contributed by atoms with Crippen LogP contribution in [-0.4, -0.2) is 10.9 Å². The van der Waals surface area contributed by atoms with Crippen molar-refractivity contribution in [3.63, 3.8) is 0 Å². The maximum Gasteiger partial charge on any atom is 0.199 e. The van der Waals surface area contributed by atoms with E-state index in [9.17, 15) is 0 Å². The summed E-state index contributed by atoms with van der Waals surface area (Å²) in [5.41, 5.74) is 11.5. The minimum Gasteiger partial charge on any atom is -0.369 e. The molecule has 0 saturated heterocycles. The topological polar surface area (TPSA) is 63.3 Å². The molecule has 1 aromatic heterocycles. The van der Waals surface area contributed by atoms with E-state index < -0.39 is 0 Å². The molecule has 0 amide bonds. The molecule has 0 aliphatic rings. The first kappa shape index (κ1) is 16.7.